The fourth-order valence-electron chi connectivity index (χ4n) is 2.06. The molecule has 1 aliphatic heterocycles. The number of rotatable bonds is 2. The zero-order valence-electron chi connectivity index (χ0n) is 10.1. The second kappa shape index (κ2) is 6.03. The Morgan fingerprint density at radius 1 is 1.42 bits per heavy atom. The van der Waals surface area contributed by atoms with E-state index in [1.165, 1.54) is 15.5 Å². The van der Waals surface area contributed by atoms with Gasteiger partial charge in [0.25, 0.3) is 5.91 Å². The molecule has 1 aromatic rings. The van der Waals surface area contributed by atoms with Crippen LogP contribution in [0.5, 0.6) is 0 Å². The number of aromatic nitrogens is 1. The number of hydrogen-bond donors (Lipinski definition) is 1. The molecule has 106 valence electrons. The van der Waals surface area contributed by atoms with Crippen molar-refractivity contribution in [3.05, 3.63) is 21.9 Å². The molecule has 8 heteroatoms. The van der Waals surface area contributed by atoms with E-state index in [4.69, 9.17) is 28.3 Å². The number of aliphatic carboxylic acids is 1. The van der Waals surface area contributed by atoms with Crippen LogP contribution in [0.15, 0.2) is 6.07 Å². The van der Waals surface area contributed by atoms with Gasteiger partial charge in [-0.05, 0) is 12.5 Å². The topological polar surface area (TPSA) is 62.5 Å². The number of carboxylic acids is 1. The zero-order valence-corrected chi connectivity index (χ0v) is 12.4. The predicted molar refractivity (Wildman–Crippen MR) is 74.3 cm³/mol. The molecule has 0 bridgehead atoms. The molecule has 2 heterocycles. The molecule has 1 N–H and O–H groups in total. The number of nitrogens with zero attached hydrogens (tertiary/aromatic N) is 2. The molecule has 1 aromatic heterocycles. The first-order valence-corrected chi connectivity index (χ1v) is 6.20. The van der Waals surface area contributed by atoms with Gasteiger partial charge in [0.15, 0.2) is 0 Å². The number of amides is 1. The molecule has 19 heavy (non-hydrogen) atoms. The molecule has 1 fully saturated rings. The first-order valence-electron chi connectivity index (χ1n) is 5.44. The Hall–Kier alpha value is -0.910. The highest BCUT2D eigenvalue weighted by Gasteiger charge is 2.32. The van der Waals surface area contributed by atoms with E-state index in [0.717, 1.165) is 0 Å². The minimum atomic E-state index is -0.867. The van der Waals surface area contributed by atoms with E-state index in [-0.39, 0.29) is 24.9 Å². The Morgan fingerprint density at radius 3 is 2.47 bits per heavy atom. The Morgan fingerprint density at radius 2 is 2.05 bits per heavy atom. The van der Waals surface area contributed by atoms with E-state index in [1.54, 1.807) is 7.05 Å². The van der Waals surface area contributed by atoms with Gasteiger partial charge in [-0.3, -0.25) is 9.59 Å². The van der Waals surface area contributed by atoms with Crippen molar-refractivity contribution in [1.29, 1.82) is 0 Å². The number of carboxylic acid groups (broad SMARTS) is 1. The fraction of sp³-hybridized carbons (Fsp3) is 0.455. The molecule has 0 radical (unpaired) electrons. The van der Waals surface area contributed by atoms with Crippen LogP contribution in [-0.4, -0.2) is 39.5 Å². The molecule has 0 aliphatic carbocycles. The van der Waals surface area contributed by atoms with Crippen LogP contribution in [0.3, 0.4) is 0 Å². The number of hydrogen-bond acceptors (Lipinski definition) is 2. The highest BCUT2D eigenvalue weighted by atomic mass is 35.5. The Bertz CT molecular complexity index is 516. The minimum absolute atomic E-state index is 0. The van der Waals surface area contributed by atoms with E-state index in [2.05, 4.69) is 0 Å². The molecule has 1 unspecified atom stereocenters. The van der Waals surface area contributed by atoms with Crippen molar-refractivity contribution < 1.29 is 14.7 Å². The molecule has 1 amide bonds. The van der Waals surface area contributed by atoms with Gasteiger partial charge < -0.3 is 14.6 Å². The monoisotopic (exact) mass is 326 g/mol. The fourth-order valence-corrected chi connectivity index (χ4v) is 2.43. The Labute approximate surface area is 126 Å². The summed E-state index contributed by atoms with van der Waals surface area (Å²) < 4.78 is 1.50. The second-order valence-electron chi connectivity index (χ2n) is 4.30. The van der Waals surface area contributed by atoms with E-state index in [9.17, 15) is 9.59 Å². The molecule has 1 atom stereocenters. The normalized spacial score (nSPS) is 18.3. The van der Waals surface area contributed by atoms with Gasteiger partial charge in [-0.1, -0.05) is 23.2 Å². The lowest BCUT2D eigenvalue weighted by molar-refractivity contribution is -0.141. The van der Waals surface area contributed by atoms with Crippen molar-refractivity contribution >= 4 is 47.5 Å². The van der Waals surface area contributed by atoms with Crippen molar-refractivity contribution in [2.75, 3.05) is 13.1 Å². The Kier molecular flexibility index (Phi) is 5.12. The van der Waals surface area contributed by atoms with Gasteiger partial charge in [0, 0.05) is 20.1 Å². The lowest BCUT2D eigenvalue weighted by Crippen LogP contribution is -2.31. The molecule has 5 nitrogen and oxygen atoms in total. The summed E-state index contributed by atoms with van der Waals surface area (Å²) in [6.07, 6.45) is 0.479. The Balaban J connectivity index is 0.00000180. The van der Waals surface area contributed by atoms with Gasteiger partial charge >= 0.3 is 5.97 Å². The quantitative estimate of drug-likeness (QED) is 0.906. The van der Waals surface area contributed by atoms with Crippen LogP contribution in [0.4, 0.5) is 0 Å². The van der Waals surface area contributed by atoms with Gasteiger partial charge in [0.2, 0.25) is 0 Å². The number of halogens is 3. The van der Waals surface area contributed by atoms with Crippen molar-refractivity contribution in [2.45, 2.75) is 6.42 Å². The van der Waals surface area contributed by atoms with Crippen LogP contribution in [0, 0.1) is 5.92 Å². The molecular weight excluding hydrogens is 314 g/mol. The van der Waals surface area contributed by atoms with Crippen LogP contribution in [-0.2, 0) is 11.8 Å². The minimum Gasteiger partial charge on any atom is -0.481 e. The average molecular weight is 328 g/mol. The first kappa shape index (κ1) is 16.1. The lowest BCUT2D eigenvalue weighted by atomic mass is 10.1. The highest BCUT2D eigenvalue weighted by Crippen LogP contribution is 2.27. The maximum Gasteiger partial charge on any atom is 0.308 e. The third-order valence-electron chi connectivity index (χ3n) is 3.16. The number of likely N-dealkylation sites (tertiary alicyclic amines) is 1. The second-order valence-corrected chi connectivity index (χ2v) is 5.07. The summed E-state index contributed by atoms with van der Waals surface area (Å²) in [5.74, 6) is -1.59. The summed E-state index contributed by atoms with van der Waals surface area (Å²) in [7, 11) is 1.65. The summed E-state index contributed by atoms with van der Waals surface area (Å²) in [6, 6.07) is 1.50. The van der Waals surface area contributed by atoms with Gasteiger partial charge in [0.05, 0.1) is 10.9 Å². The van der Waals surface area contributed by atoms with Crippen LogP contribution < -0.4 is 0 Å². The summed E-state index contributed by atoms with van der Waals surface area (Å²) in [6.45, 7) is 0.671. The van der Waals surface area contributed by atoms with Crippen LogP contribution in [0.1, 0.15) is 16.9 Å². The van der Waals surface area contributed by atoms with E-state index < -0.39 is 11.9 Å². The van der Waals surface area contributed by atoms with Crippen LogP contribution in [0.2, 0.25) is 10.2 Å². The summed E-state index contributed by atoms with van der Waals surface area (Å²) in [5.41, 5.74) is 0.371. The van der Waals surface area contributed by atoms with Gasteiger partial charge in [0.1, 0.15) is 10.8 Å². The van der Waals surface area contributed by atoms with Crippen LogP contribution in [0.25, 0.3) is 0 Å². The van der Waals surface area contributed by atoms with Crippen molar-refractivity contribution in [2.24, 2.45) is 13.0 Å². The van der Waals surface area contributed by atoms with Crippen molar-refractivity contribution in [3.8, 4) is 0 Å². The molecular formula is C11H13Cl3N2O3. The van der Waals surface area contributed by atoms with E-state index in [0.29, 0.717) is 28.8 Å². The molecule has 0 aromatic carbocycles. The average Bonchev–Trinajstić information content (AvgIpc) is 2.90. The third kappa shape index (κ3) is 2.99. The largest absolute Gasteiger partial charge is 0.481 e. The molecule has 1 saturated heterocycles. The number of carbonyl (C=O) groups excluding carboxylic acids is 1. The smallest absolute Gasteiger partial charge is 0.308 e. The standard InChI is InChI=1S/C11H12Cl2N2O3.ClH/c1-14-8(4-7(12)9(14)13)10(16)15-3-2-6(5-15)11(17)18;/h4,6H,2-3,5H2,1H3,(H,17,18);1H. The summed E-state index contributed by atoms with van der Waals surface area (Å²) in [4.78, 5) is 24.6. The van der Waals surface area contributed by atoms with E-state index >= 15 is 0 Å². The van der Waals surface area contributed by atoms with Gasteiger partial charge in [-0.2, -0.15) is 0 Å². The van der Waals surface area contributed by atoms with Gasteiger partial charge in [-0.25, -0.2) is 0 Å². The maximum atomic E-state index is 12.2. The zero-order chi connectivity index (χ0) is 13.4. The highest BCUT2D eigenvalue weighted by molar-refractivity contribution is 6.41. The SMILES string of the molecule is Cl.Cn1c(C(=O)N2CCC(C(=O)O)C2)cc(Cl)c1Cl. The summed E-state index contributed by atoms with van der Waals surface area (Å²) >= 11 is 11.7. The third-order valence-corrected chi connectivity index (χ3v) is 4.00. The maximum absolute atomic E-state index is 12.2. The molecule has 0 spiro atoms. The summed E-state index contributed by atoms with van der Waals surface area (Å²) in [5, 5.41) is 9.52. The molecule has 0 saturated carbocycles. The molecule has 1 aliphatic rings. The molecule has 2 rings (SSSR count). The van der Waals surface area contributed by atoms with Crippen molar-refractivity contribution in [3.63, 3.8) is 0 Å². The van der Waals surface area contributed by atoms with Crippen LogP contribution >= 0.6 is 35.6 Å². The predicted octanol–water partition coefficient (Wildman–Crippen LogP) is 2.30. The van der Waals surface area contributed by atoms with Crippen molar-refractivity contribution in [1.82, 2.24) is 9.47 Å². The lowest BCUT2D eigenvalue weighted by Gasteiger charge is -2.16. The van der Waals surface area contributed by atoms with E-state index in [1.807, 2.05) is 0 Å². The number of carbonyl (C=O) groups is 2. The first-order chi connectivity index (χ1) is 8.41. The van der Waals surface area contributed by atoms with Gasteiger partial charge in [-0.15, -0.1) is 12.4 Å².